The number of methoxy groups -OCH3 is 1. The summed E-state index contributed by atoms with van der Waals surface area (Å²) in [5, 5.41) is 0. The van der Waals surface area contributed by atoms with Crippen molar-refractivity contribution in [3.8, 4) is 5.75 Å². The lowest BCUT2D eigenvalue weighted by Crippen LogP contribution is -2.30. The van der Waals surface area contributed by atoms with E-state index in [1.165, 1.54) is 47.0 Å². The summed E-state index contributed by atoms with van der Waals surface area (Å²) in [4.78, 5) is 29.6. The fourth-order valence-corrected chi connectivity index (χ4v) is 5.93. The van der Waals surface area contributed by atoms with Crippen LogP contribution in [0.25, 0.3) is 10.2 Å². The molecule has 3 rings (SSSR count). The summed E-state index contributed by atoms with van der Waals surface area (Å²) in [5.41, 5.74) is 0.873. The Hall–Kier alpha value is -3.02. The van der Waals surface area contributed by atoms with Gasteiger partial charge in [-0.05, 0) is 43.3 Å². The second-order valence-electron chi connectivity index (χ2n) is 7.11. The molecule has 0 radical (unpaired) electrons. The van der Waals surface area contributed by atoms with Crippen LogP contribution in [0.15, 0.2) is 52.4 Å². The smallest absolute Gasteiger partial charge is 0.325 e. The quantitative estimate of drug-likeness (QED) is 0.414. The Kier molecular flexibility index (Phi) is 8.24. The van der Waals surface area contributed by atoms with Crippen LogP contribution in [-0.2, 0) is 26.1 Å². The van der Waals surface area contributed by atoms with Crippen molar-refractivity contribution in [1.82, 2.24) is 8.87 Å². The molecule has 9 nitrogen and oxygen atoms in total. The summed E-state index contributed by atoms with van der Waals surface area (Å²) in [5.74, 6) is -0.485. The number of para-hydroxylation sites is 1. The maximum absolute atomic E-state index is 12.9. The summed E-state index contributed by atoms with van der Waals surface area (Å²) in [7, 11) is -2.34. The van der Waals surface area contributed by atoms with Gasteiger partial charge in [-0.3, -0.25) is 9.59 Å². The van der Waals surface area contributed by atoms with E-state index in [-0.39, 0.29) is 17.0 Å². The van der Waals surface area contributed by atoms with E-state index < -0.39 is 21.9 Å². The number of ether oxygens (including phenoxy) is 2. The summed E-state index contributed by atoms with van der Waals surface area (Å²) < 4.78 is 39.6. The van der Waals surface area contributed by atoms with Crippen LogP contribution in [-0.4, -0.2) is 56.0 Å². The van der Waals surface area contributed by atoms with E-state index in [0.717, 1.165) is 4.70 Å². The molecule has 1 amide bonds. The number of rotatable bonds is 9. The molecule has 11 heteroatoms. The van der Waals surface area contributed by atoms with Crippen molar-refractivity contribution in [2.75, 3.05) is 26.8 Å². The third-order valence-corrected chi connectivity index (χ3v) is 8.23. The number of aromatic nitrogens is 1. The zero-order valence-electron chi connectivity index (χ0n) is 19.5. The SMILES string of the molecule is CCOc1cccc2sc(=NC(=O)c3ccc(S(=O)(=O)N(CC)CC)cc3)n(CC(=O)OC)c12. The zero-order valence-corrected chi connectivity index (χ0v) is 21.1. The van der Waals surface area contributed by atoms with E-state index in [0.29, 0.717) is 35.8 Å². The van der Waals surface area contributed by atoms with Crippen LogP contribution in [0.4, 0.5) is 0 Å². The fourth-order valence-electron chi connectivity index (χ4n) is 3.43. The number of carbonyl (C=O) groups is 2. The van der Waals surface area contributed by atoms with Crippen molar-refractivity contribution in [2.45, 2.75) is 32.2 Å². The number of benzene rings is 2. The molecule has 1 aromatic heterocycles. The minimum Gasteiger partial charge on any atom is -0.492 e. The van der Waals surface area contributed by atoms with Gasteiger partial charge in [-0.2, -0.15) is 9.30 Å². The average molecular weight is 506 g/mol. The highest BCUT2D eigenvalue weighted by Gasteiger charge is 2.22. The molecule has 0 unspecified atom stereocenters. The van der Waals surface area contributed by atoms with Gasteiger partial charge in [0.1, 0.15) is 17.8 Å². The van der Waals surface area contributed by atoms with E-state index in [9.17, 15) is 18.0 Å². The Morgan fingerprint density at radius 1 is 1.06 bits per heavy atom. The predicted molar refractivity (Wildman–Crippen MR) is 129 cm³/mol. The molecular formula is C23H27N3O6S2. The molecule has 1 heterocycles. The molecule has 0 aliphatic carbocycles. The van der Waals surface area contributed by atoms with Gasteiger partial charge in [-0.1, -0.05) is 31.3 Å². The van der Waals surface area contributed by atoms with Gasteiger partial charge in [0, 0.05) is 18.7 Å². The van der Waals surface area contributed by atoms with Gasteiger partial charge >= 0.3 is 5.97 Å². The van der Waals surface area contributed by atoms with E-state index in [4.69, 9.17) is 9.47 Å². The van der Waals surface area contributed by atoms with Crippen molar-refractivity contribution in [2.24, 2.45) is 4.99 Å². The van der Waals surface area contributed by atoms with Gasteiger partial charge in [0.15, 0.2) is 4.80 Å². The lowest BCUT2D eigenvalue weighted by atomic mass is 10.2. The van der Waals surface area contributed by atoms with Crippen LogP contribution in [0.2, 0.25) is 0 Å². The van der Waals surface area contributed by atoms with E-state index in [2.05, 4.69) is 4.99 Å². The van der Waals surface area contributed by atoms with Crippen LogP contribution in [0.5, 0.6) is 5.75 Å². The first-order chi connectivity index (χ1) is 16.3. The average Bonchev–Trinajstić information content (AvgIpc) is 3.17. The normalized spacial score (nSPS) is 12.3. The second-order valence-corrected chi connectivity index (χ2v) is 10.1. The van der Waals surface area contributed by atoms with E-state index in [1.807, 2.05) is 19.1 Å². The molecule has 0 fully saturated rings. The minimum absolute atomic E-state index is 0.108. The summed E-state index contributed by atoms with van der Waals surface area (Å²) >= 11 is 1.24. The molecule has 0 atom stereocenters. The van der Waals surface area contributed by atoms with Crippen LogP contribution in [0, 0.1) is 0 Å². The molecule has 0 aliphatic heterocycles. The molecular weight excluding hydrogens is 478 g/mol. The Morgan fingerprint density at radius 3 is 2.32 bits per heavy atom. The van der Waals surface area contributed by atoms with Crippen molar-refractivity contribution < 1.29 is 27.5 Å². The number of fused-ring (bicyclic) bond motifs is 1. The molecule has 2 aromatic carbocycles. The maximum atomic E-state index is 12.9. The fraction of sp³-hybridized carbons (Fsp3) is 0.348. The van der Waals surface area contributed by atoms with E-state index >= 15 is 0 Å². The van der Waals surface area contributed by atoms with Gasteiger partial charge < -0.3 is 14.0 Å². The van der Waals surface area contributed by atoms with Gasteiger partial charge in [-0.25, -0.2) is 8.42 Å². The molecule has 182 valence electrons. The largest absolute Gasteiger partial charge is 0.492 e. The second kappa shape index (κ2) is 10.9. The number of nitrogens with zero attached hydrogens (tertiary/aromatic N) is 3. The highest BCUT2D eigenvalue weighted by Crippen LogP contribution is 2.28. The van der Waals surface area contributed by atoms with Gasteiger partial charge in [0.2, 0.25) is 10.0 Å². The molecule has 0 N–H and O–H groups in total. The summed E-state index contributed by atoms with van der Waals surface area (Å²) in [6.07, 6.45) is 0. The third-order valence-electron chi connectivity index (χ3n) is 5.12. The van der Waals surface area contributed by atoms with Gasteiger partial charge in [0.25, 0.3) is 5.91 Å². The number of hydrogen-bond donors (Lipinski definition) is 0. The standard InChI is InChI=1S/C23H27N3O6S2/c1-5-25(6-2)34(29,30)17-13-11-16(12-14-17)22(28)24-23-26(15-20(27)31-4)21-18(32-7-3)9-8-10-19(21)33-23/h8-14H,5-7,15H2,1-4H3. The topological polar surface area (TPSA) is 107 Å². The molecule has 0 saturated carbocycles. The first kappa shape index (κ1) is 25.6. The highest BCUT2D eigenvalue weighted by molar-refractivity contribution is 7.89. The molecule has 34 heavy (non-hydrogen) atoms. The first-order valence-electron chi connectivity index (χ1n) is 10.8. The Labute approximate surface area is 202 Å². The molecule has 0 bridgehead atoms. The maximum Gasteiger partial charge on any atom is 0.325 e. The van der Waals surface area contributed by atoms with Crippen molar-refractivity contribution in [1.29, 1.82) is 0 Å². The summed E-state index contributed by atoms with van der Waals surface area (Å²) in [6, 6.07) is 11.1. The zero-order chi connectivity index (χ0) is 24.9. The predicted octanol–water partition coefficient (Wildman–Crippen LogP) is 3.05. The molecule has 3 aromatic rings. The molecule has 0 spiro atoms. The first-order valence-corrected chi connectivity index (χ1v) is 13.0. The highest BCUT2D eigenvalue weighted by atomic mass is 32.2. The van der Waals surface area contributed by atoms with Crippen LogP contribution >= 0.6 is 11.3 Å². The lowest BCUT2D eigenvalue weighted by Gasteiger charge is -2.18. The molecule has 0 aliphatic rings. The Morgan fingerprint density at radius 2 is 1.74 bits per heavy atom. The van der Waals surface area contributed by atoms with Gasteiger partial charge in [-0.15, -0.1) is 0 Å². The number of esters is 1. The number of thiazole rings is 1. The number of carbonyl (C=O) groups excluding carboxylic acids is 2. The number of hydrogen-bond acceptors (Lipinski definition) is 7. The minimum atomic E-state index is -3.63. The van der Waals surface area contributed by atoms with Crippen molar-refractivity contribution in [3.63, 3.8) is 0 Å². The number of amides is 1. The number of sulfonamides is 1. The summed E-state index contributed by atoms with van der Waals surface area (Å²) in [6.45, 7) is 6.38. The lowest BCUT2D eigenvalue weighted by molar-refractivity contribution is -0.141. The van der Waals surface area contributed by atoms with Crippen molar-refractivity contribution in [3.05, 3.63) is 52.8 Å². The van der Waals surface area contributed by atoms with Crippen LogP contribution in [0.1, 0.15) is 31.1 Å². The Balaban J connectivity index is 2.05. The van der Waals surface area contributed by atoms with Gasteiger partial charge in [0.05, 0.1) is 23.3 Å². The van der Waals surface area contributed by atoms with Crippen molar-refractivity contribution >= 4 is 43.5 Å². The monoisotopic (exact) mass is 505 g/mol. The Bertz CT molecular complexity index is 1350. The van der Waals surface area contributed by atoms with Crippen LogP contribution < -0.4 is 9.54 Å². The third kappa shape index (κ3) is 5.21. The molecule has 0 saturated heterocycles. The van der Waals surface area contributed by atoms with Crippen LogP contribution in [0.3, 0.4) is 0 Å². The van der Waals surface area contributed by atoms with E-state index in [1.54, 1.807) is 24.5 Å².